The summed E-state index contributed by atoms with van der Waals surface area (Å²) in [6.45, 7) is 1.16. The second-order valence-corrected chi connectivity index (χ2v) is 5.96. The van der Waals surface area contributed by atoms with E-state index in [0.29, 0.717) is 19.6 Å². The fraction of sp³-hybridized carbons (Fsp3) is 1.00. The lowest BCUT2D eigenvalue weighted by Crippen LogP contribution is -2.30. The molecule has 0 fully saturated rings. The number of hydrogen-bond donors (Lipinski definition) is 1. The van der Waals surface area contributed by atoms with Crippen molar-refractivity contribution in [2.24, 2.45) is 0 Å². The van der Waals surface area contributed by atoms with Gasteiger partial charge in [-0.05, 0) is 25.7 Å². The maximum atomic E-state index is 11.7. The Kier molecular flexibility index (Phi) is 8.83. The van der Waals surface area contributed by atoms with Crippen LogP contribution in [0.25, 0.3) is 0 Å². The number of aliphatic hydroxyl groups is 1. The van der Waals surface area contributed by atoms with E-state index >= 15 is 0 Å². The van der Waals surface area contributed by atoms with E-state index in [1.807, 2.05) is 0 Å². The van der Waals surface area contributed by atoms with E-state index in [9.17, 15) is 8.42 Å². The summed E-state index contributed by atoms with van der Waals surface area (Å²) in [5.74, 6) is 0.136. The second-order valence-electron chi connectivity index (χ2n) is 3.77. The van der Waals surface area contributed by atoms with Gasteiger partial charge in [-0.3, -0.25) is 0 Å². The fourth-order valence-corrected chi connectivity index (χ4v) is 2.51. The molecular weight excluding hydrogens is 230 g/mol. The monoisotopic (exact) mass is 253 g/mol. The summed E-state index contributed by atoms with van der Waals surface area (Å²) in [4.78, 5) is 0. The molecule has 0 saturated carbocycles. The topological polar surface area (TPSA) is 66.8 Å². The lowest BCUT2D eigenvalue weighted by Gasteiger charge is -2.16. The summed E-state index contributed by atoms with van der Waals surface area (Å²) in [5.41, 5.74) is 0. The molecule has 1 N–H and O–H groups in total. The minimum absolute atomic E-state index is 0.136. The SMILES string of the molecule is COCCCS(=O)(=O)N(C)CCCCCO. The molecule has 0 aromatic heterocycles. The number of hydrogen-bond acceptors (Lipinski definition) is 4. The first-order chi connectivity index (χ1) is 7.54. The van der Waals surface area contributed by atoms with Gasteiger partial charge < -0.3 is 9.84 Å². The lowest BCUT2D eigenvalue weighted by molar-refractivity contribution is 0.199. The summed E-state index contributed by atoms with van der Waals surface area (Å²) in [6.07, 6.45) is 2.91. The molecule has 16 heavy (non-hydrogen) atoms. The number of unbranched alkanes of at least 4 members (excludes halogenated alkanes) is 2. The van der Waals surface area contributed by atoms with E-state index in [2.05, 4.69) is 0 Å². The molecule has 0 radical (unpaired) electrons. The van der Waals surface area contributed by atoms with E-state index < -0.39 is 10.0 Å². The van der Waals surface area contributed by atoms with Crippen LogP contribution in [0.5, 0.6) is 0 Å². The highest BCUT2D eigenvalue weighted by Gasteiger charge is 2.16. The molecule has 0 heterocycles. The number of ether oxygens (including phenoxy) is 1. The van der Waals surface area contributed by atoms with Crippen molar-refractivity contribution in [2.75, 3.05) is 39.7 Å². The first kappa shape index (κ1) is 15.8. The average molecular weight is 253 g/mol. The Morgan fingerprint density at radius 1 is 1.19 bits per heavy atom. The van der Waals surface area contributed by atoms with Crippen molar-refractivity contribution in [3.05, 3.63) is 0 Å². The van der Waals surface area contributed by atoms with E-state index in [0.717, 1.165) is 19.3 Å². The molecular formula is C10H23NO4S. The lowest BCUT2D eigenvalue weighted by atomic mass is 10.2. The quantitative estimate of drug-likeness (QED) is 0.574. The molecule has 0 aliphatic rings. The van der Waals surface area contributed by atoms with E-state index in [-0.39, 0.29) is 12.4 Å². The Hall–Kier alpha value is -0.170. The Morgan fingerprint density at radius 2 is 1.88 bits per heavy atom. The van der Waals surface area contributed by atoms with Crippen LogP contribution >= 0.6 is 0 Å². The average Bonchev–Trinajstić information content (AvgIpc) is 2.24. The number of rotatable bonds is 10. The molecule has 0 aliphatic carbocycles. The van der Waals surface area contributed by atoms with Crippen molar-refractivity contribution in [3.8, 4) is 0 Å². The van der Waals surface area contributed by atoms with Gasteiger partial charge in [-0.1, -0.05) is 0 Å². The highest BCUT2D eigenvalue weighted by atomic mass is 32.2. The van der Waals surface area contributed by atoms with Crippen LogP contribution in [0.2, 0.25) is 0 Å². The number of aliphatic hydroxyl groups excluding tert-OH is 1. The normalized spacial score (nSPS) is 12.2. The van der Waals surface area contributed by atoms with E-state index in [1.54, 1.807) is 14.2 Å². The summed E-state index contributed by atoms with van der Waals surface area (Å²) in [6, 6.07) is 0. The molecule has 0 atom stereocenters. The molecule has 0 amide bonds. The molecule has 98 valence electrons. The van der Waals surface area contributed by atoms with Gasteiger partial charge in [0.25, 0.3) is 0 Å². The van der Waals surface area contributed by atoms with Gasteiger partial charge in [0, 0.05) is 33.9 Å². The smallest absolute Gasteiger partial charge is 0.213 e. The van der Waals surface area contributed by atoms with Gasteiger partial charge in [-0.2, -0.15) is 0 Å². The Labute approximate surface area is 98.5 Å². The summed E-state index contributed by atoms with van der Waals surface area (Å²) in [5, 5.41) is 8.59. The number of nitrogens with zero attached hydrogens (tertiary/aromatic N) is 1. The molecule has 0 spiro atoms. The van der Waals surface area contributed by atoms with Crippen LogP contribution in [0.1, 0.15) is 25.7 Å². The Bertz CT molecular complexity index is 254. The fourth-order valence-electron chi connectivity index (χ4n) is 1.30. The molecule has 6 heteroatoms. The molecule has 5 nitrogen and oxygen atoms in total. The zero-order valence-corrected chi connectivity index (χ0v) is 11.0. The Morgan fingerprint density at radius 3 is 2.44 bits per heavy atom. The van der Waals surface area contributed by atoms with Crippen LogP contribution in [0, 0.1) is 0 Å². The van der Waals surface area contributed by atoms with E-state index in [4.69, 9.17) is 9.84 Å². The number of methoxy groups -OCH3 is 1. The highest BCUT2D eigenvalue weighted by molar-refractivity contribution is 7.89. The molecule has 0 bridgehead atoms. The summed E-state index contributed by atoms with van der Waals surface area (Å²) in [7, 11) is 0.0302. The van der Waals surface area contributed by atoms with E-state index in [1.165, 1.54) is 4.31 Å². The van der Waals surface area contributed by atoms with Crippen molar-refractivity contribution < 1.29 is 18.3 Å². The van der Waals surface area contributed by atoms with Crippen LogP contribution in [0.4, 0.5) is 0 Å². The standard InChI is InChI=1S/C10H23NO4S/c1-11(7-4-3-5-8-12)16(13,14)10-6-9-15-2/h12H,3-10H2,1-2H3. The van der Waals surface area contributed by atoms with Crippen LogP contribution < -0.4 is 0 Å². The molecule has 0 aliphatic heterocycles. The third kappa shape index (κ3) is 7.16. The number of sulfonamides is 1. The van der Waals surface area contributed by atoms with Gasteiger partial charge in [0.1, 0.15) is 0 Å². The highest BCUT2D eigenvalue weighted by Crippen LogP contribution is 2.04. The maximum Gasteiger partial charge on any atom is 0.213 e. The van der Waals surface area contributed by atoms with Gasteiger partial charge >= 0.3 is 0 Å². The predicted molar refractivity (Wildman–Crippen MR) is 63.8 cm³/mol. The van der Waals surface area contributed by atoms with Crippen LogP contribution in [-0.4, -0.2) is 57.5 Å². The van der Waals surface area contributed by atoms with Crippen molar-refractivity contribution in [3.63, 3.8) is 0 Å². The molecule has 0 rings (SSSR count). The first-order valence-corrected chi connectivity index (χ1v) is 7.19. The molecule has 0 aromatic rings. The van der Waals surface area contributed by atoms with Crippen molar-refractivity contribution in [1.82, 2.24) is 4.31 Å². The van der Waals surface area contributed by atoms with Crippen molar-refractivity contribution in [2.45, 2.75) is 25.7 Å². The first-order valence-electron chi connectivity index (χ1n) is 5.58. The largest absolute Gasteiger partial charge is 0.396 e. The van der Waals surface area contributed by atoms with Gasteiger partial charge in [-0.25, -0.2) is 12.7 Å². The predicted octanol–water partition coefficient (Wildman–Crippen LogP) is 0.447. The molecule has 0 aromatic carbocycles. The van der Waals surface area contributed by atoms with Crippen LogP contribution in [0.3, 0.4) is 0 Å². The van der Waals surface area contributed by atoms with Crippen molar-refractivity contribution >= 4 is 10.0 Å². The van der Waals surface area contributed by atoms with Gasteiger partial charge in [0.05, 0.1) is 5.75 Å². The zero-order chi connectivity index (χ0) is 12.4. The van der Waals surface area contributed by atoms with Crippen LogP contribution in [-0.2, 0) is 14.8 Å². The van der Waals surface area contributed by atoms with Gasteiger partial charge in [-0.15, -0.1) is 0 Å². The molecule has 0 saturated heterocycles. The van der Waals surface area contributed by atoms with Gasteiger partial charge in [0.15, 0.2) is 0 Å². The Balaban J connectivity index is 3.81. The summed E-state index contributed by atoms with van der Waals surface area (Å²) >= 11 is 0. The molecule has 0 unspecified atom stereocenters. The maximum absolute atomic E-state index is 11.7. The van der Waals surface area contributed by atoms with Crippen LogP contribution in [0.15, 0.2) is 0 Å². The minimum atomic E-state index is -3.13. The van der Waals surface area contributed by atoms with Crippen molar-refractivity contribution in [1.29, 1.82) is 0 Å². The minimum Gasteiger partial charge on any atom is -0.396 e. The third-order valence-corrected chi connectivity index (χ3v) is 4.29. The van der Waals surface area contributed by atoms with Gasteiger partial charge in [0.2, 0.25) is 10.0 Å². The zero-order valence-electron chi connectivity index (χ0n) is 10.2. The summed E-state index contributed by atoms with van der Waals surface area (Å²) < 4.78 is 29.6. The third-order valence-electron chi connectivity index (χ3n) is 2.36. The second kappa shape index (κ2) is 8.92.